The summed E-state index contributed by atoms with van der Waals surface area (Å²) in [5.74, 6) is -7.11. The van der Waals surface area contributed by atoms with Gasteiger partial charge in [0.2, 0.25) is 0 Å². The van der Waals surface area contributed by atoms with Crippen LogP contribution in [0.1, 0.15) is 41.3 Å². The Morgan fingerprint density at radius 1 is 1.05 bits per heavy atom. The first kappa shape index (κ1) is 33.4. The smallest absolute Gasteiger partial charge is 0.339 e. The van der Waals surface area contributed by atoms with Crippen molar-refractivity contribution in [2.24, 2.45) is 0 Å². The highest BCUT2D eigenvalue weighted by atomic mass is 79.9. The molecule has 2 aromatic carbocycles. The van der Waals surface area contributed by atoms with E-state index < -0.39 is 48.4 Å². The predicted molar refractivity (Wildman–Crippen MR) is 144 cm³/mol. The van der Waals surface area contributed by atoms with Crippen molar-refractivity contribution in [1.82, 2.24) is 10.2 Å². The van der Waals surface area contributed by atoms with Gasteiger partial charge in [0.15, 0.2) is 0 Å². The van der Waals surface area contributed by atoms with Crippen LogP contribution in [-0.4, -0.2) is 54.9 Å². The number of alkyl halides is 5. The molecule has 0 spiro atoms. The summed E-state index contributed by atoms with van der Waals surface area (Å²) in [5.41, 5.74) is -2.01. The molecule has 2 rings (SSSR count). The monoisotopic (exact) mass is 680 g/mol. The summed E-state index contributed by atoms with van der Waals surface area (Å²) < 4.78 is 82.0. The van der Waals surface area contributed by atoms with Gasteiger partial charge in [0.05, 0.1) is 33.1 Å². The Bertz CT molecular complexity index is 1250. The molecule has 4 nitrogen and oxygen atoms in total. The lowest BCUT2D eigenvalue weighted by Gasteiger charge is -2.30. The van der Waals surface area contributed by atoms with Crippen LogP contribution >= 0.6 is 50.7 Å². The molecule has 0 bridgehead atoms. The van der Waals surface area contributed by atoms with Crippen molar-refractivity contribution in [3.05, 3.63) is 72.6 Å². The van der Waals surface area contributed by atoms with Crippen molar-refractivity contribution in [3.63, 3.8) is 0 Å². The maximum Gasteiger partial charge on any atom is 0.401 e. The number of hydrogen-bond acceptors (Lipinski definition) is 3. The summed E-state index contributed by atoms with van der Waals surface area (Å²) in [6.45, 7) is 0.0931. The summed E-state index contributed by atoms with van der Waals surface area (Å²) in [5, 5.41) is 2.14. The molecule has 0 aliphatic rings. The molecule has 2 aromatic rings. The van der Waals surface area contributed by atoms with Crippen molar-refractivity contribution in [2.75, 3.05) is 20.1 Å². The molecular weight excluding hydrogens is 661 g/mol. The predicted octanol–water partition coefficient (Wildman–Crippen LogP) is 8.34. The van der Waals surface area contributed by atoms with Crippen molar-refractivity contribution >= 4 is 68.8 Å². The number of aldehydes is 1. The average Bonchev–Trinajstić information content (AvgIpc) is 2.78. The van der Waals surface area contributed by atoms with Crippen molar-refractivity contribution in [2.45, 2.75) is 37.4 Å². The van der Waals surface area contributed by atoms with Crippen LogP contribution in [0.25, 0.3) is 5.83 Å². The topological polar surface area (TPSA) is 49.4 Å². The third kappa shape index (κ3) is 9.38. The van der Waals surface area contributed by atoms with Crippen molar-refractivity contribution in [1.29, 1.82) is 0 Å². The van der Waals surface area contributed by atoms with E-state index >= 15 is 4.39 Å². The zero-order valence-electron chi connectivity index (χ0n) is 20.6. The molecule has 0 fully saturated rings. The number of carbonyl (C=O) groups excluding carboxylic acids is 2. The van der Waals surface area contributed by atoms with Crippen LogP contribution in [0.2, 0.25) is 15.1 Å². The minimum Gasteiger partial charge on any atom is -0.339 e. The van der Waals surface area contributed by atoms with Gasteiger partial charge < -0.3 is 10.1 Å². The Morgan fingerprint density at radius 3 is 2.08 bits per heavy atom. The number of nitrogens with one attached hydrogen (secondary N) is 1. The summed E-state index contributed by atoms with van der Waals surface area (Å²) >= 11 is 20.9. The van der Waals surface area contributed by atoms with Crippen LogP contribution in [0.5, 0.6) is 0 Å². The van der Waals surface area contributed by atoms with Crippen molar-refractivity contribution in [3.8, 4) is 0 Å². The maximum absolute atomic E-state index is 15.2. The van der Waals surface area contributed by atoms with E-state index in [4.69, 9.17) is 34.8 Å². The van der Waals surface area contributed by atoms with Gasteiger partial charge in [-0.05, 0) is 65.8 Å². The number of amides is 1. The van der Waals surface area contributed by atoms with Gasteiger partial charge in [-0.25, -0.2) is 13.2 Å². The number of nitrogens with zero attached hydrogens (tertiary/aromatic N) is 1. The lowest BCUT2D eigenvalue weighted by Crippen LogP contribution is -2.55. The highest BCUT2D eigenvalue weighted by Crippen LogP contribution is 2.41. The number of likely N-dealkylation sites (N-methyl/N-ethyl adjacent to an activating group) is 1. The number of benzene rings is 2. The van der Waals surface area contributed by atoms with Crippen LogP contribution in [0.15, 0.2) is 40.9 Å². The van der Waals surface area contributed by atoms with E-state index in [2.05, 4.69) is 21.2 Å². The highest BCUT2D eigenvalue weighted by molar-refractivity contribution is 9.10. The van der Waals surface area contributed by atoms with Crippen LogP contribution in [0.4, 0.5) is 26.3 Å². The van der Waals surface area contributed by atoms with E-state index in [-0.39, 0.29) is 36.2 Å². The van der Waals surface area contributed by atoms with E-state index in [1.807, 2.05) is 0 Å². The summed E-state index contributed by atoms with van der Waals surface area (Å²) in [7, 11) is 1.14. The largest absolute Gasteiger partial charge is 0.401 e. The number of rotatable bonds is 10. The second-order valence-corrected chi connectivity index (χ2v) is 11.3. The van der Waals surface area contributed by atoms with Crippen LogP contribution in [0, 0.1) is 0 Å². The van der Waals surface area contributed by atoms with Gasteiger partial charge in [-0.15, -0.1) is 0 Å². The third-order valence-corrected chi connectivity index (χ3v) is 7.27. The normalized spacial score (nSPS) is 15.2. The molecule has 1 amide bonds. The highest BCUT2D eigenvalue weighted by Gasteiger charge is 2.36. The summed E-state index contributed by atoms with van der Waals surface area (Å²) in [6, 6.07) is 5.78. The average molecular weight is 683 g/mol. The minimum absolute atomic E-state index is 0.0373. The van der Waals surface area contributed by atoms with Crippen LogP contribution in [0.3, 0.4) is 0 Å². The minimum atomic E-state index is -4.51. The standard InChI is InChI=1S/C25H22BrCl3F6N2O2/c1-23(12-38,10-37(3)11-25(33,34)35)36-22(39)15-5-4-13(6-17(15)26)20(30)9-16(24(2,31)32)14-7-18(27)21(29)19(28)8-14/h4-9,12,16H,10-11H2,1-3H3,(H,36,39)/b20-9-/t16?,23-/m0/s1. The molecule has 1 unspecified atom stereocenters. The van der Waals surface area contributed by atoms with Crippen molar-refractivity contribution < 1.29 is 35.9 Å². The van der Waals surface area contributed by atoms with Gasteiger partial charge in [0.1, 0.15) is 17.7 Å². The molecule has 214 valence electrons. The zero-order valence-corrected chi connectivity index (χ0v) is 24.4. The lowest BCUT2D eigenvalue weighted by atomic mass is 9.92. The molecule has 0 aromatic heterocycles. The Labute approximate surface area is 244 Å². The quantitative estimate of drug-likeness (QED) is 0.156. The first-order valence-electron chi connectivity index (χ1n) is 11.0. The molecule has 0 saturated heterocycles. The molecule has 39 heavy (non-hydrogen) atoms. The lowest BCUT2D eigenvalue weighted by molar-refractivity contribution is -0.145. The van der Waals surface area contributed by atoms with E-state index in [1.54, 1.807) is 0 Å². The molecule has 0 aliphatic heterocycles. The van der Waals surface area contributed by atoms with E-state index in [0.29, 0.717) is 19.3 Å². The zero-order chi connectivity index (χ0) is 29.9. The number of halogens is 10. The second-order valence-electron chi connectivity index (χ2n) is 9.22. The Balaban J connectivity index is 2.33. The van der Waals surface area contributed by atoms with Gasteiger partial charge in [0.25, 0.3) is 11.8 Å². The fourth-order valence-electron chi connectivity index (χ4n) is 3.74. The van der Waals surface area contributed by atoms with E-state index in [9.17, 15) is 31.5 Å². The van der Waals surface area contributed by atoms with Gasteiger partial charge >= 0.3 is 6.18 Å². The third-order valence-electron chi connectivity index (χ3n) is 5.42. The van der Waals surface area contributed by atoms with E-state index in [0.717, 1.165) is 36.2 Å². The van der Waals surface area contributed by atoms with E-state index in [1.165, 1.54) is 13.0 Å². The maximum atomic E-state index is 15.2. The molecule has 0 heterocycles. The second kappa shape index (κ2) is 12.8. The first-order valence-corrected chi connectivity index (χ1v) is 12.9. The molecule has 1 N–H and O–H groups in total. The molecule has 0 saturated carbocycles. The molecule has 0 radical (unpaired) electrons. The SMILES string of the molecule is CN(CC(F)(F)F)C[C@@](C)(C=O)NC(=O)c1ccc(/C(F)=C/C(c2cc(Cl)c(Cl)c(Cl)c2)C(C)(F)F)cc1Br. The number of hydrogen-bond donors (Lipinski definition) is 1. The van der Waals surface area contributed by atoms with Crippen LogP contribution in [-0.2, 0) is 4.79 Å². The number of carbonyl (C=O) groups is 2. The van der Waals surface area contributed by atoms with Crippen LogP contribution < -0.4 is 5.32 Å². The fourth-order valence-corrected chi connectivity index (χ4v) is 4.91. The van der Waals surface area contributed by atoms with Gasteiger partial charge in [-0.1, -0.05) is 40.9 Å². The molecule has 0 aliphatic carbocycles. The Morgan fingerprint density at radius 2 is 1.62 bits per heavy atom. The number of allylic oxidation sites excluding steroid dienone is 1. The first-order chi connectivity index (χ1) is 17.8. The fraction of sp³-hybridized carbons (Fsp3) is 0.360. The summed E-state index contributed by atoms with van der Waals surface area (Å²) in [4.78, 5) is 25.2. The Kier molecular flexibility index (Phi) is 11.0. The summed E-state index contributed by atoms with van der Waals surface area (Å²) in [6.07, 6.45) is -3.52. The molecular formula is C25H22BrCl3F6N2O2. The Hall–Kier alpha value is -1.79. The molecule has 14 heteroatoms. The molecule has 2 atom stereocenters. The van der Waals surface area contributed by atoms with Gasteiger partial charge in [-0.3, -0.25) is 9.69 Å². The van der Waals surface area contributed by atoms with Gasteiger partial charge in [0, 0.05) is 23.5 Å². The van der Waals surface area contributed by atoms with Gasteiger partial charge in [-0.2, -0.15) is 13.2 Å².